The first kappa shape index (κ1) is 24.4. The van der Waals surface area contributed by atoms with Crippen LogP contribution in [0.5, 0.6) is 5.75 Å². The molecule has 2 amide bonds. The van der Waals surface area contributed by atoms with Crippen LogP contribution in [-0.2, 0) is 4.79 Å². The molecule has 9 nitrogen and oxygen atoms in total. The maximum Gasteiger partial charge on any atom is 0.254 e. The highest BCUT2D eigenvalue weighted by Gasteiger charge is 2.53. The number of ether oxygens (including phenoxy) is 1. The Hall–Kier alpha value is -3.90. The van der Waals surface area contributed by atoms with Crippen LogP contribution in [0.2, 0.25) is 5.02 Å². The van der Waals surface area contributed by atoms with Crippen molar-refractivity contribution in [1.29, 1.82) is 5.26 Å². The average Bonchev–Trinajstić information content (AvgIpc) is 3.36. The molecule has 3 heterocycles. The van der Waals surface area contributed by atoms with E-state index in [2.05, 4.69) is 21.5 Å². The third-order valence-electron chi connectivity index (χ3n) is 8.06. The molecule has 0 bridgehead atoms. The van der Waals surface area contributed by atoms with E-state index in [0.717, 1.165) is 30.4 Å². The van der Waals surface area contributed by atoms with Crippen molar-refractivity contribution in [3.8, 4) is 11.8 Å². The van der Waals surface area contributed by atoms with Crippen molar-refractivity contribution in [1.82, 2.24) is 20.1 Å². The van der Waals surface area contributed by atoms with Crippen LogP contribution in [0.4, 0.5) is 5.82 Å². The molecule has 2 aliphatic carbocycles. The summed E-state index contributed by atoms with van der Waals surface area (Å²) in [7, 11) is 1.59. The number of benzene rings is 1. The van der Waals surface area contributed by atoms with Crippen molar-refractivity contribution in [2.24, 2.45) is 11.8 Å². The summed E-state index contributed by atoms with van der Waals surface area (Å²) in [5.74, 6) is 1.99. The van der Waals surface area contributed by atoms with Crippen molar-refractivity contribution in [2.45, 2.75) is 44.2 Å². The second kappa shape index (κ2) is 9.44. The van der Waals surface area contributed by atoms with Crippen molar-refractivity contribution in [3.63, 3.8) is 0 Å². The molecule has 6 rings (SSSR count). The minimum absolute atomic E-state index is 0.0231. The molecule has 2 saturated carbocycles. The van der Waals surface area contributed by atoms with Gasteiger partial charge in [0.1, 0.15) is 11.6 Å². The van der Waals surface area contributed by atoms with E-state index < -0.39 is 0 Å². The van der Waals surface area contributed by atoms with Gasteiger partial charge in [0.2, 0.25) is 5.91 Å². The number of fused-ring (bicyclic) bond motifs is 1. The maximum absolute atomic E-state index is 12.9. The van der Waals surface area contributed by atoms with Crippen LogP contribution in [0, 0.1) is 23.2 Å². The van der Waals surface area contributed by atoms with E-state index >= 15 is 0 Å². The summed E-state index contributed by atoms with van der Waals surface area (Å²) in [5, 5.41) is 17.5. The van der Waals surface area contributed by atoms with Gasteiger partial charge >= 0.3 is 0 Å². The number of pyridine rings is 1. The minimum Gasteiger partial charge on any atom is -0.496 e. The Morgan fingerprint density at radius 2 is 2.08 bits per heavy atom. The molecule has 0 unspecified atom stereocenters. The SMILES string of the molecule is COc1cc(N2C[C@H]3C[C@H]3C2=O)ncc1[C@H](C)n1cc(C(=O)N[C@H]2C[C@@H](c3cc(Cl)ccc3C#N)C2)cn1. The molecule has 194 valence electrons. The van der Waals surface area contributed by atoms with Gasteiger partial charge in [0, 0.05) is 47.6 Å². The highest BCUT2D eigenvalue weighted by atomic mass is 35.5. The number of nitrogens with one attached hydrogen (secondary N) is 1. The first-order chi connectivity index (χ1) is 18.4. The number of piperidine rings is 1. The molecule has 1 saturated heterocycles. The predicted octanol–water partition coefficient (Wildman–Crippen LogP) is 4.08. The number of methoxy groups -OCH3 is 1. The van der Waals surface area contributed by atoms with E-state index in [9.17, 15) is 14.9 Å². The third-order valence-corrected chi connectivity index (χ3v) is 8.29. The van der Waals surface area contributed by atoms with Gasteiger partial charge in [-0.1, -0.05) is 11.6 Å². The van der Waals surface area contributed by atoms with E-state index in [1.54, 1.807) is 53.5 Å². The topological polar surface area (TPSA) is 113 Å². The summed E-state index contributed by atoms with van der Waals surface area (Å²) in [6.07, 6.45) is 7.48. The van der Waals surface area contributed by atoms with Gasteiger partial charge in [-0.15, -0.1) is 0 Å². The smallest absolute Gasteiger partial charge is 0.254 e. The zero-order valence-electron chi connectivity index (χ0n) is 21.1. The van der Waals surface area contributed by atoms with Gasteiger partial charge in [-0.2, -0.15) is 10.4 Å². The third kappa shape index (κ3) is 4.29. The largest absolute Gasteiger partial charge is 0.496 e. The first-order valence-electron chi connectivity index (χ1n) is 12.8. The Morgan fingerprint density at radius 3 is 2.79 bits per heavy atom. The number of hydrogen-bond acceptors (Lipinski definition) is 6. The number of halogens is 1. The normalized spacial score (nSPS) is 24.3. The quantitative estimate of drug-likeness (QED) is 0.492. The molecule has 3 aromatic rings. The first-order valence-corrected chi connectivity index (χ1v) is 13.1. The fourth-order valence-corrected chi connectivity index (χ4v) is 5.78. The number of nitrogens with zero attached hydrogens (tertiary/aromatic N) is 5. The Morgan fingerprint density at radius 1 is 1.26 bits per heavy atom. The van der Waals surface area contributed by atoms with Crippen LogP contribution < -0.4 is 15.0 Å². The summed E-state index contributed by atoms with van der Waals surface area (Å²) < 4.78 is 7.34. The summed E-state index contributed by atoms with van der Waals surface area (Å²) in [5.41, 5.74) is 2.83. The lowest BCUT2D eigenvalue weighted by Gasteiger charge is -2.36. The van der Waals surface area contributed by atoms with Gasteiger partial charge in [0.15, 0.2) is 0 Å². The lowest BCUT2D eigenvalue weighted by Crippen LogP contribution is -2.43. The summed E-state index contributed by atoms with van der Waals surface area (Å²) in [6.45, 7) is 2.67. The van der Waals surface area contributed by atoms with Crippen LogP contribution in [0.3, 0.4) is 0 Å². The lowest BCUT2D eigenvalue weighted by atomic mass is 9.74. The minimum atomic E-state index is -0.240. The van der Waals surface area contributed by atoms with Crippen LogP contribution in [0.15, 0.2) is 42.9 Å². The molecule has 10 heteroatoms. The Balaban J connectivity index is 1.10. The van der Waals surface area contributed by atoms with Gasteiger partial charge < -0.3 is 10.1 Å². The monoisotopic (exact) mass is 530 g/mol. The number of anilines is 1. The zero-order valence-corrected chi connectivity index (χ0v) is 21.9. The highest BCUT2D eigenvalue weighted by molar-refractivity contribution is 6.30. The number of hydrogen-bond donors (Lipinski definition) is 1. The molecule has 1 aliphatic heterocycles. The number of rotatable bonds is 7. The van der Waals surface area contributed by atoms with Crippen LogP contribution in [0.1, 0.15) is 65.2 Å². The Bertz CT molecular complexity index is 1470. The number of nitriles is 1. The van der Waals surface area contributed by atoms with E-state index in [4.69, 9.17) is 16.3 Å². The summed E-state index contributed by atoms with van der Waals surface area (Å²) in [4.78, 5) is 31.7. The molecule has 2 aromatic heterocycles. The number of carbonyl (C=O) groups excluding carboxylic acids is 2. The second-order valence-electron chi connectivity index (χ2n) is 10.4. The average molecular weight is 531 g/mol. The van der Waals surface area contributed by atoms with Gasteiger partial charge in [-0.25, -0.2) is 4.98 Å². The van der Waals surface area contributed by atoms with Crippen molar-refractivity contribution in [3.05, 3.63) is 70.1 Å². The van der Waals surface area contributed by atoms with E-state index in [1.165, 1.54) is 0 Å². The molecule has 3 atom stereocenters. The van der Waals surface area contributed by atoms with Crippen molar-refractivity contribution in [2.75, 3.05) is 18.6 Å². The number of amides is 2. The van der Waals surface area contributed by atoms with Crippen molar-refractivity contribution >= 4 is 29.2 Å². The van der Waals surface area contributed by atoms with Gasteiger partial charge in [0.25, 0.3) is 5.91 Å². The molecule has 3 aliphatic rings. The predicted molar refractivity (Wildman–Crippen MR) is 140 cm³/mol. The van der Waals surface area contributed by atoms with Crippen LogP contribution in [-0.4, -0.2) is 46.3 Å². The fraction of sp³-hybridized carbons (Fsp3) is 0.393. The number of aromatic nitrogens is 3. The van der Waals surface area contributed by atoms with Gasteiger partial charge in [-0.05, 0) is 61.8 Å². The van der Waals surface area contributed by atoms with E-state index in [1.807, 2.05) is 13.0 Å². The van der Waals surface area contributed by atoms with E-state index in [0.29, 0.717) is 40.2 Å². The Kier molecular flexibility index (Phi) is 6.07. The molecule has 1 N–H and O–H groups in total. The number of carbonyl (C=O) groups is 2. The molecular weight excluding hydrogens is 504 g/mol. The highest BCUT2D eigenvalue weighted by Crippen LogP contribution is 2.47. The molecule has 0 spiro atoms. The maximum atomic E-state index is 12.9. The summed E-state index contributed by atoms with van der Waals surface area (Å²) >= 11 is 6.12. The van der Waals surface area contributed by atoms with Gasteiger partial charge in [-0.3, -0.25) is 19.2 Å². The molecule has 1 aromatic carbocycles. The molecular formula is C28H27ClN6O3. The summed E-state index contributed by atoms with van der Waals surface area (Å²) in [6, 6.07) is 9.11. The standard InChI is InChI=1S/C28H27ClN6O3/c1-15(24-12-31-26(9-25(24)38-2)34-13-18-7-23(18)28(34)37)35-14-19(11-32-35)27(36)33-21-5-17(6-21)22-8-20(29)4-3-16(22)10-30/h3-4,8-9,11-12,14-15,17-18,21,23H,5-7,13H2,1-2H3,(H,33,36)/t15-,17-,18+,21+,23+/m0/s1. The molecule has 38 heavy (non-hydrogen) atoms. The molecule has 3 fully saturated rings. The van der Waals surface area contributed by atoms with E-state index in [-0.39, 0.29) is 35.7 Å². The lowest BCUT2D eigenvalue weighted by molar-refractivity contribution is -0.118. The fourth-order valence-electron chi connectivity index (χ4n) is 5.60. The Labute approximate surface area is 225 Å². The van der Waals surface area contributed by atoms with Crippen molar-refractivity contribution < 1.29 is 14.3 Å². The van der Waals surface area contributed by atoms with Gasteiger partial charge in [0.05, 0.1) is 36.5 Å². The molecule has 0 radical (unpaired) electrons. The van der Waals surface area contributed by atoms with Crippen LogP contribution in [0.25, 0.3) is 0 Å². The zero-order chi connectivity index (χ0) is 26.6. The van der Waals surface area contributed by atoms with Crippen LogP contribution >= 0.6 is 11.6 Å². The second-order valence-corrected chi connectivity index (χ2v) is 10.8.